The number of imide groups is 1. The molecule has 9 heteroatoms. The van der Waals surface area contributed by atoms with Gasteiger partial charge in [0.1, 0.15) is 12.4 Å². The molecule has 1 saturated carbocycles. The molecule has 0 atom stereocenters. The molecule has 1 saturated heterocycles. The Morgan fingerprint density at radius 2 is 1.97 bits per heavy atom. The van der Waals surface area contributed by atoms with Crippen molar-refractivity contribution >= 4 is 34.9 Å². The first kappa shape index (κ1) is 23.7. The van der Waals surface area contributed by atoms with Gasteiger partial charge in [0.05, 0.1) is 18.6 Å². The van der Waals surface area contributed by atoms with Gasteiger partial charge in [-0.1, -0.05) is 18.2 Å². The molecule has 178 valence electrons. The predicted molar refractivity (Wildman–Crippen MR) is 129 cm³/mol. The Hall–Kier alpha value is -3.46. The van der Waals surface area contributed by atoms with Gasteiger partial charge < -0.3 is 19.5 Å². The first-order valence-electron chi connectivity index (χ1n) is 11.0. The Morgan fingerprint density at radius 1 is 1.15 bits per heavy atom. The van der Waals surface area contributed by atoms with Crippen molar-refractivity contribution in [3.63, 3.8) is 0 Å². The third-order valence-electron chi connectivity index (χ3n) is 5.23. The van der Waals surface area contributed by atoms with E-state index in [2.05, 4.69) is 5.32 Å². The third-order valence-corrected chi connectivity index (χ3v) is 6.14. The molecule has 0 spiro atoms. The van der Waals surface area contributed by atoms with Crippen molar-refractivity contribution < 1.29 is 28.6 Å². The lowest BCUT2D eigenvalue weighted by atomic mass is 10.2. The molecule has 1 aliphatic carbocycles. The molecule has 1 heterocycles. The number of hydrogen-bond acceptors (Lipinski definition) is 7. The first-order chi connectivity index (χ1) is 16.4. The monoisotopic (exact) mass is 482 g/mol. The summed E-state index contributed by atoms with van der Waals surface area (Å²) in [5.41, 5.74) is 1.74. The number of carbonyl (C=O) groups is 3. The van der Waals surface area contributed by atoms with Gasteiger partial charge in [-0.05, 0) is 73.0 Å². The Morgan fingerprint density at radius 3 is 2.71 bits per heavy atom. The maximum absolute atomic E-state index is 12.8. The third kappa shape index (κ3) is 6.11. The van der Waals surface area contributed by atoms with Gasteiger partial charge in [0.2, 0.25) is 0 Å². The Bertz CT molecular complexity index is 1130. The lowest BCUT2D eigenvalue weighted by Gasteiger charge is -2.13. The van der Waals surface area contributed by atoms with Crippen molar-refractivity contribution in [2.45, 2.75) is 25.8 Å². The summed E-state index contributed by atoms with van der Waals surface area (Å²) in [6.45, 7) is 2.24. The summed E-state index contributed by atoms with van der Waals surface area (Å²) in [7, 11) is 1.50. The number of benzene rings is 2. The Balaban J connectivity index is 1.36. The number of ether oxygens (including phenoxy) is 3. The van der Waals surface area contributed by atoms with Crippen LogP contribution in [0.3, 0.4) is 0 Å². The maximum atomic E-state index is 12.8. The second-order valence-corrected chi connectivity index (χ2v) is 9.03. The van der Waals surface area contributed by atoms with Crippen molar-refractivity contribution in [1.82, 2.24) is 10.2 Å². The molecule has 0 aromatic heterocycles. The molecule has 0 radical (unpaired) electrons. The molecule has 34 heavy (non-hydrogen) atoms. The van der Waals surface area contributed by atoms with E-state index in [-0.39, 0.29) is 42.9 Å². The van der Waals surface area contributed by atoms with Crippen LogP contribution in [0.4, 0.5) is 4.79 Å². The highest BCUT2D eigenvalue weighted by atomic mass is 32.2. The van der Waals surface area contributed by atoms with Crippen LogP contribution in [-0.2, 0) is 9.59 Å². The largest absolute Gasteiger partial charge is 0.493 e. The zero-order valence-electron chi connectivity index (χ0n) is 19.0. The minimum Gasteiger partial charge on any atom is -0.493 e. The van der Waals surface area contributed by atoms with Gasteiger partial charge >= 0.3 is 0 Å². The standard InChI is InChI=1S/C25H26N2O6S/c1-16-4-3-5-19(12-16)32-11-10-27-24(29)22(34-25(27)30)14-17-6-9-20(21(13-17)31-2)33-15-23(28)26-18-7-8-18/h3-6,9,12-14,18H,7-8,10-11,15H2,1-2H3,(H,26,28)/b22-14-. The van der Waals surface area contributed by atoms with Crippen LogP contribution in [0.1, 0.15) is 24.0 Å². The van der Waals surface area contributed by atoms with Crippen molar-refractivity contribution in [3.8, 4) is 17.2 Å². The van der Waals surface area contributed by atoms with E-state index in [1.54, 1.807) is 24.3 Å². The van der Waals surface area contributed by atoms with Crippen LogP contribution in [0.5, 0.6) is 17.2 Å². The summed E-state index contributed by atoms with van der Waals surface area (Å²) in [6, 6.07) is 13.0. The summed E-state index contributed by atoms with van der Waals surface area (Å²) >= 11 is 0.887. The van der Waals surface area contributed by atoms with E-state index in [9.17, 15) is 14.4 Å². The number of methoxy groups -OCH3 is 1. The van der Waals surface area contributed by atoms with Crippen molar-refractivity contribution in [1.29, 1.82) is 0 Å². The second-order valence-electron chi connectivity index (χ2n) is 8.04. The number of nitrogens with one attached hydrogen (secondary N) is 1. The fourth-order valence-corrected chi connectivity index (χ4v) is 4.20. The van der Waals surface area contributed by atoms with Crippen LogP contribution in [0, 0.1) is 6.92 Å². The van der Waals surface area contributed by atoms with Crippen molar-refractivity contribution in [2.24, 2.45) is 0 Å². The van der Waals surface area contributed by atoms with E-state index in [1.165, 1.54) is 12.0 Å². The molecule has 2 aromatic carbocycles. The van der Waals surface area contributed by atoms with Crippen LogP contribution < -0.4 is 19.5 Å². The SMILES string of the molecule is COc1cc(/C=C2\SC(=O)N(CCOc3cccc(C)c3)C2=O)ccc1OCC(=O)NC1CC1. The van der Waals surface area contributed by atoms with Gasteiger partial charge in [0.25, 0.3) is 17.1 Å². The van der Waals surface area contributed by atoms with Crippen molar-refractivity contribution in [2.75, 3.05) is 26.9 Å². The molecular weight excluding hydrogens is 456 g/mol. The Labute approximate surface area is 202 Å². The maximum Gasteiger partial charge on any atom is 0.293 e. The molecule has 0 unspecified atom stereocenters. The van der Waals surface area contributed by atoms with Gasteiger partial charge in [0.15, 0.2) is 18.1 Å². The molecule has 4 rings (SSSR count). The number of aryl methyl sites for hydroxylation is 1. The van der Waals surface area contributed by atoms with Crippen LogP contribution in [0.25, 0.3) is 6.08 Å². The molecule has 0 bridgehead atoms. The molecule has 8 nitrogen and oxygen atoms in total. The van der Waals surface area contributed by atoms with E-state index in [0.717, 1.165) is 30.2 Å². The fourth-order valence-electron chi connectivity index (χ4n) is 3.34. The molecule has 3 amide bonds. The zero-order valence-corrected chi connectivity index (χ0v) is 19.9. The topological polar surface area (TPSA) is 94.2 Å². The molecule has 2 aromatic rings. The first-order valence-corrected chi connectivity index (χ1v) is 11.8. The zero-order chi connectivity index (χ0) is 24.1. The van der Waals surface area contributed by atoms with Gasteiger partial charge in [-0.15, -0.1) is 0 Å². The lowest BCUT2D eigenvalue weighted by molar-refractivity contribution is -0.123. The summed E-state index contributed by atoms with van der Waals surface area (Å²) in [5.74, 6) is 1.01. The average molecular weight is 483 g/mol. The molecule has 2 aliphatic rings. The minimum atomic E-state index is -0.362. The molecule has 1 aliphatic heterocycles. The predicted octanol–water partition coefficient (Wildman–Crippen LogP) is 3.78. The highest BCUT2D eigenvalue weighted by Gasteiger charge is 2.34. The Kier molecular flexibility index (Phi) is 7.42. The molecule has 2 fully saturated rings. The van der Waals surface area contributed by atoms with Crippen molar-refractivity contribution in [3.05, 3.63) is 58.5 Å². The van der Waals surface area contributed by atoms with E-state index >= 15 is 0 Å². The van der Waals surface area contributed by atoms with E-state index < -0.39 is 0 Å². The summed E-state index contributed by atoms with van der Waals surface area (Å²) < 4.78 is 16.6. The van der Waals surface area contributed by atoms with Gasteiger partial charge in [-0.2, -0.15) is 0 Å². The molecular formula is C25H26N2O6S. The van der Waals surface area contributed by atoms with E-state index in [4.69, 9.17) is 14.2 Å². The van der Waals surface area contributed by atoms with Gasteiger partial charge in [-0.3, -0.25) is 19.3 Å². The lowest BCUT2D eigenvalue weighted by Crippen LogP contribution is -2.32. The average Bonchev–Trinajstić information content (AvgIpc) is 3.59. The van der Waals surface area contributed by atoms with E-state index in [0.29, 0.717) is 27.7 Å². The number of rotatable bonds is 10. The van der Waals surface area contributed by atoms with Crippen LogP contribution in [-0.4, -0.2) is 54.9 Å². The smallest absolute Gasteiger partial charge is 0.293 e. The fraction of sp³-hybridized carbons (Fsp3) is 0.320. The van der Waals surface area contributed by atoms with Crippen LogP contribution in [0.2, 0.25) is 0 Å². The number of amides is 3. The quantitative estimate of drug-likeness (QED) is 0.515. The van der Waals surface area contributed by atoms with Gasteiger partial charge in [0, 0.05) is 6.04 Å². The number of nitrogens with zero attached hydrogens (tertiary/aromatic N) is 1. The number of carbonyl (C=O) groups excluding carboxylic acids is 3. The van der Waals surface area contributed by atoms with Crippen LogP contribution >= 0.6 is 11.8 Å². The number of hydrogen-bond donors (Lipinski definition) is 1. The summed E-state index contributed by atoms with van der Waals surface area (Å²) in [5, 5.41) is 2.53. The highest BCUT2D eigenvalue weighted by molar-refractivity contribution is 8.18. The molecule has 1 N–H and O–H groups in total. The minimum absolute atomic E-state index is 0.101. The summed E-state index contributed by atoms with van der Waals surface area (Å²) in [4.78, 5) is 38.5. The van der Waals surface area contributed by atoms with Crippen LogP contribution in [0.15, 0.2) is 47.4 Å². The second kappa shape index (κ2) is 10.6. The summed E-state index contributed by atoms with van der Waals surface area (Å²) in [6.07, 6.45) is 3.65. The highest BCUT2D eigenvalue weighted by Crippen LogP contribution is 2.34. The van der Waals surface area contributed by atoms with E-state index in [1.807, 2.05) is 31.2 Å². The normalized spacial score (nSPS) is 16.6. The van der Waals surface area contributed by atoms with Gasteiger partial charge in [-0.25, -0.2) is 0 Å². The number of thioether (sulfide) groups is 1.